The Kier molecular flexibility index (Phi) is 9.27. The summed E-state index contributed by atoms with van der Waals surface area (Å²) in [5.74, 6) is -0.560. The van der Waals surface area contributed by atoms with Gasteiger partial charge in [-0.1, -0.05) is 11.6 Å². The van der Waals surface area contributed by atoms with E-state index in [1.54, 1.807) is 35.9 Å². The number of aryl methyl sites for hydroxylation is 1. The summed E-state index contributed by atoms with van der Waals surface area (Å²) in [6, 6.07) is 5.73. The molecule has 2 amide bonds. The van der Waals surface area contributed by atoms with Gasteiger partial charge in [0, 0.05) is 74.8 Å². The minimum absolute atomic E-state index is 0.0351. The van der Waals surface area contributed by atoms with Crippen molar-refractivity contribution < 1.29 is 26.4 Å². The maximum absolute atomic E-state index is 13.5. The van der Waals surface area contributed by atoms with E-state index in [1.165, 1.54) is 21.7 Å². The first-order valence-electron chi connectivity index (χ1n) is 14.9. The lowest BCUT2D eigenvalue weighted by Crippen LogP contribution is -2.56. The van der Waals surface area contributed by atoms with Gasteiger partial charge < -0.3 is 14.4 Å². The number of carbonyl (C=O) groups excluding carboxylic acids is 2. The number of rotatable bonds is 9. The number of sulfonamides is 2. The first kappa shape index (κ1) is 32.3. The fourth-order valence-corrected chi connectivity index (χ4v) is 10.5. The summed E-state index contributed by atoms with van der Waals surface area (Å²) in [5.41, 5.74) is 0. The van der Waals surface area contributed by atoms with Gasteiger partial charge in [0.1, 0.15) is 10.3 Å². The molecule has 13 nitrogen and oxygen atoms in total. The van der Waals surface area contributed by atoms with Crippen LogP contribution in [-0.4, -0.2) is 122 Å². The van der Waals surface area contributed by atoms with Crippen LogP contribution < -0.4 is 4.72 Å². The van der Waals surface area contributed by atoms with Crippen molar-refractivity contribution in [1.29, 1.82) is 0 Å². The van der Waals surface area contributed by atoms with Crippen molar-refractivity contribution in [3.8, 4) is 0 Å². The Labute approximate surface area is 271 Å². The lowest BCUT2D eigenvalue weighted by molar-refractivity contribution is -0.143. The molecular formula is C28H36ClN7O6S3. The average molecular weight is 698 g/mol. The van der Waals surface area contributed by atoms with Crippen LogP contribution in [0.25, 0.3) is 10.1 Å². The molecule has 2 aromatic heterocycles. The van der Waals surface area contributed by atoms with Crippen LogP contribution in [0.5, 0.6) is 0 Å². The highest BCUT2D eigenvalue weighted by molar-refractivity contribution is 7.91. The largest absolute Gasteiger partial charge is 0.339 e. The third kappa shape index (κ3) is 6.92. The van der Waals surface area contributed by atoms with Crippen molar-refractivity contribution >= 4 is 64.9 Å². The van der Waals surface area contributed by atoms with Gasteiger partial charge in [-0.3, -0.25) is 14.5 Å². The van der Waals surface area contributed by atoms with Gasteiger partial charge in [0.2, 0.25) is 11.8 Å². The van der Waals surface area contributed by atoms with Gasteiger partial charge in [-0.25, -0.2) is 21.8 Å². The zero-order chi connectivity index (χ0) is 31.9. The number of fused-ring (bicyclic) bond motifs is 1. The van der Waals surface area contributed by atoms with Crippen LogP contribution in [0.1, 0.15) is 25.7 Å². The number of piperidine rings is 1. The number of imidazole rings is 1. The molecule has 3 fully saturated rings. The van der Waals surface area contributed by atoms with Gasteiger partial charge in [-0.05, 0) is 55.3 Å². The summed E-state index contributed by atoms with van der Waals surface area (Å²) in [7, 11) is -5.88. The minimum atomic E-state index is -3.96. The van der Waals surface area contributed by atoms with E-state index in [1.807, 2.05) is 4.90 Å². The summed E-state index contributed by atoms with van der Waals surface area (Å²) in [4.78, 5) is 36.3. The molecule has 17 heteroatoms. The number of benzene rings is 1. The van der Waals surface area contributed by atoms with Gasteiger partial charge in [0.15, 0.2) is 5.03 Å². The van der Waals surface area contributed by atoms with Crippen LogP contribution in [0.4, 0.5) is 0 Å². The van der Waals surface area contributed by atoms with Crippen molar-refractivity contribution in [3.05, 3.63) is 41.8 Å². The number of nitrogens with one attached hydrogen (secondary N) is 1. The van der Waals surface area contributed by atoms with Gasteiger partial charge in [-0.15, -0.1) is 11.3 Å². The highest BCUT2D eigenvalue weighted by Crippen LogP contribution is 2.31. The SMILES string of the molecule is Cn1cnc(S(=O)(=O)N2CCN(CC3CCCN3C(=O)CN3CCCC(NS(=O)(=O)c4cc5cc(Cl)ccc5s4)C3=O)CC2)c1. The number of nitrogens with zero attached hydrogens (tertiary/aromatic N) is 6. The summed E-state index contributed by atoms with van der Waals surface area (Å²) < 4.78 is 58.8. The second kappa shape index (κ2) is 12.9. The predicted molar refractivity (Wildman–Crippen MR) is 170 cm³/mol. The molecule has 0 saturated carbocycles. The Balaban J connectivity index is 1.03. The summed E-state index contributed by atoms with van der Waals surface area (Å²) in [6.07, 6.45) is 5.57. The predicted octanol–water partition coefficient (Wildman–Crippen LogP) is 1.56. The van der Waals surface area contributed by atoms with E-state index < -0.39 is 32.0 Å². The molecule has 2 unspecified atom stereocenters. The number of hydrogen-bond acceptors (Lipinski definition) is 9. The van der Waals surface area contributed by atoms with E-state index in [-0.39, 0.29) is 27.7 Å². The molecular weight excluding hydrogens is 662 g/mol. The maximum Gasteiger partial charge on any atom is 0.262 e. The van der Waals surface area contributed by atoms with Crippen LogP contribution in [0.15, 0.2) is 46.0 Å². The molecule has 3 aromatic rings. The molecule has 3 aliphatic heterocycles. The number of halogens is 1. The number of aromatic nitrogens is 2. The Morgan fingerprint density at radius 3 is 2.53 bits per heavy atom. The van der Waals surface area contributed by atoms with Crippen molar-refractivity contribution in [2.24, 2.45) is 7.05 Å². The fourth-order valence-electron chi connectivity index (χ4n) is 6.29. The fraction of sp³-hybridized carbons (Fsp3) is 0.536. The third-order valence-corrected chi connectivity index (χ3v) is 13.7. The standard InChI is InChI=1S/C28H36ClN7O6S3/c1-32-17-25(30-19-32)45(41,42)35-12-10-33(11-13-35)16-22-4-2-9-36(22)26(37)18-34-8-3-5-23(28(34)38)31-44(39,40)27-15-20-14-21(29)6-7-24(20)43-27/h6-7,14-15,17,19,22-23,31H,2-5,8-13,16,18H2,1H3. The monoisotopic (exact) mass is 697 g/mol. The van der Waals surface area contributed by atoms with E-state index in [9.17, 15) is 26.4 Å². The third-order valence-electron chi connectivity index (χ3n) is 8.66. The molecule has 6 rings (SSSR count). The number of carbonyl (C=O) groups is 2. The van der Waals surface area contributed by atoms with Crippen LogP contribution in [-0.2, 0) is 36.7 Å². The molecule has 0 aliphatic carbocycles. The quantitative estimate of drug-likeness (QED) is 0.355. The summed E-state index contributed by atoms with van der Waals surface area (Å²) >= 11 is 7.16. The van der Waals surface area contributed by atoms with Crippen LogP contribution in [0.3, 0.4) is 0 Å². The minimum Gasteiger partial charge on any atom is -0.339 e. The number of piperazine rings is 1. The maximum atomic E-state index is 13.5. The molecule has 0 spiro atoms. The molecule has 244 valence electrons. The Bertz CT molecular complexity index is 1800. The zero-order valence-corrected chi connectivity index (χ0v) is 28.0. The highest BCUT2D eigenvalue weighted by Gasteiger charge is 2.37. The van der Waals surface area contributed by atoms with Crippen LogP contribution >= 0.6 is 22.9 Å². The van der Waals surface area contributed by atoms with Crippen molar-refractivity contribution in [2.75, 3.05) is 52.4 Å². The molecule has 3 aliphatic rings. The van der Waals surface area contributed by atoms with E-state index in [0.29, 0.717) is 69.1 Å². The first-order chi connectivity index (χ1) is 21.4. The van der Waals surface area contributed by atoms with Gasteiger partial charge in [0.25, 0.3) is 20.0 Å². The molecule has 3 saturated heterocycles. The smallest absolute Gasteiger partial charge is 0.262 e. The summed E-state index contributed by atoms with van der Waals surface area (Å²) in [6.45, 7) is 3.27. The molecule has 1 aromatic carbocycles. The first-order valence-corrected chi connectivity index (χ1v) is 19.0. The lowest BCUT2D eigenvalue weighted by atomic mass is 10.1. The van der Waals surface area contributed by atoms with Gasteiger partial charge in [0.05, 0.1) is 12.9 Å². The van der Waals surface area contributed by atoms with Gasteiger partial charge >= 0.3 is 0 Å². The van der Waals surface area contributed by atoms with Gasteiger partial charge in [-0.2, -0.15) is 9.03 Å². The van der Waals surface area contributed by atoms with Crippen molar-refractivity contribution in [2.45, 2.75) is 47.0 Å². The number of hydrogen-bond donors (Lipinski definition) is 1. The van der Waals surface area contributed by atoms with E-state index in [4.69, 9.17) is 11.6 Å². The lowest BCUT2D eigenvalue weighted by Gasteiger charge is -2.37. The number of amides is 2. The van der Waals surface area contributed by atoms with E-state index in [0.717, 1.165) is 28.9 Å². The van der Waals surface area contributed by atoms with E-state index in [2.05, 4.69) is 14.6 Å². The zero-order valence-electron chi connectivity index (χ0n) is 24.8. The highest BCUT2D eigenvalue weighted by atomic mass is 35.5. The Hall–Kier alpha value is -2.60. The number of thiophene rings is 1. The number of likely N-dealkylation sites (tertiary alicyclic amines) is 2. The van der Waals surface area contributed by atoms with Crippen molar-refractivity contribution in [3.63, 3.8) is 0 Å². The second-order valence-electron chi connectivity index (χ2n) is 11.8. The topological polar surface area (TPSA) is 145 Å². The average Bonchev–Trinajstić information content (AvgIpc) is 3.75. The molecule has 5 heterocycles. The molecule has 45 heavy (non-hydrogen) atoms. The Morgan fingerprint density at radius 1 is 1.04 bits per heavy atom. The molecule has 0 radical (unpaired) electrons. The van der Waals surface area contributed by atoms with Crippen molar-refractivity contribution in [1.82, 2.24) is 33.3 Å². The second-order valence-corrected chi connectivity index (χ2v) is 17.1. The van der Waals surface area contributed by atoms with Crippen LogP contribution in [0.2, 0.25) is 5.02 Å². The Morgan fingerprint density at radius 2 is 1.80 bits per heavy atom. The molecule has 2 atom stereocenters. The normalized spacial score (nSPS) is 22.5. The molecule has 0 bridgehead atoms. The summed E-state index contributed by atoms with van der Waals surface area (Å²) in [5, 5.41) is 1.26. The van der Waals surface area contributed by atoms with Crippen LogP contribution in [0, 0.1) is 0 Å². The molecule has 1 N–H and O–H groups in total. The van der Waals surface area contributed by atoms with E-state index >= 15 is 0 Å².